The number of nitrogens with two attached hydrogens (primary N) is 1. The monoisotopic (exact) mass is 323 g/mol. The quantitative estimate of drug-likeness (QED) is 0.833. The molecule has 0 aliphatic rings. The molecule has 0 saturated heterocycles. The SMILES string of the molecule is NC(Cc1cccc(Cl)c1F)C(C(F)(F)F)C(F)(F)F. The molecule has 0 aliphatic carbocycles. The van der Waals surface area contributed by atoms with Crippen LogP contribution in [0, 0.1) is 11.7 Å². The smallest absolute Gasteiger partial charge is 0.327 e. The first-order chi connectivity index (χ1) is 8.94. The Labute approximate surface area is 114 Å². The molecule has 0 saturated carbocycles. The van der Waals surface area contributed by atoms with Gasteiger partial charge in [-0.3, -0.25) is 0 Å². The summed E-state index contributed by atoms with van der Waals surface area (Å²) in [7, 11) is 0. The summed E-state index contributed by atoms with van der Waals surface area (Å²) < 4.78 is 88.0. The number of rotatable bonds is 3. The van der Waals surface area contributed by atoms with Crippen LogP contribution in [0.15, 0.2) is 18.2 Å². The van der Waals surface area contributed by atoms with E-state index in [4.69, 9.17) is 17.3 Å². The summed E-state index contributed by atoms with van der Waals surface area (Å²) in [6, 6.07) is 1.01. The molecule has 0 heterocycles. The van der Waals surface area contributed by atoms with E-state index < -0.39 is 47.1 Å². The second kappa shape index (κ2) is 5.77. The summed E-state index contributed by atoms with van der Waals surface area (Å²) in [6.07, 6.45) is -12.1. The van der Waals surface area contributed by atoms with E-state index in [0.717, 1.165) is 12.1 Å². The van der Waals surface area contributed by atoms with Gasteiger partial charge in [0.05, 0.1) is 5.02 Å². The van der Waals surface area contributed by atoms with Crippen LogP contribution in [0.3, 0.4) is 0 Å². The number of halogens is 8. The van der Waals surface area contributed by atoms with Crippen LogP contribution in [0.1, 0.15) is 5.56 Å². The molecule has 2 N–H and O–H groups in total. The number of alkyl halides is 6. The normalized spacial score (nSPS) is 14.7. The molecule has 1 nitrogen and oxygen atoms in total. The number of hydrogen-bond donors (Lipinski definition) is 1. The predicted octanol–water partition coefficient (Wildman–Crippen LogP) is 4.09. The largest absolute Gasteiger partial charge is 0.402 e. The van der Waals surface area contributed by atoms with Crippen molar-refractivity contribution in [3.8, 4) is 0 Å². The van der Waals surface area contributed by atoms with Crippen molar-refractivity contribution in [2.24, 2.45) is 11.7 Å². The van der Waals surface area contributed by atoms with Crippen molar-refractivity contribution < 1.29 is 30.7 Å². The summed E-state index contributed by atoms with van der Waals surface area (Å²) in [5.41, 5.74) is 4.59. The fourth-order valence-electron chi connectivity index (χ4n) is 1.75. The van der Waals surface area contributed by atoms with E-state index in [9.17, 15) is 30.7 Å². The van der Waals surface area contributed by atoms with Crippen LogP contribution in [-0.2, 0) is 6.42 Å². The van der Waals surface area contributed by atoms with Gasteiger partial charge in [-0.05, 0) is 18.1 Å². The van der Waals surface area contributed by atoms with Crippen LogP contribution in [0.2, 0.25) is 5.02 Å². The van der Waals surface area contributed by atoms with Crippen LogP contribution in [0.5, 0.6) is 0 Å². The lowest BCUT2D eigenvalue weighted by molar-refractivity contribution is -0.289. The molecular weight excluding hydrogens is 315 g/mol. The van der Waals surface area contributed by atoms with Crippen LogP contribution in [0.4, 0.5) is 30.7 Å². The maximum absolute atomic E-state index is 13.5. The highest BCUT2D eigenvalue weighted by Gasteiger charge is 2.59. The van der Waals surface area contributed by atoms with Crippen molar-refractivity contribution in [2.45, 2.75) is 24.8 Å². The topological polar surface area (TPSA) is 26.0 Å². The summed E-state index contributed by atoms with van der Waals surface area (Å²) >= 11 is 5.40. The Morgan fingerprint density at radius 3 is 2.00 bits per heavy atom. The van der Waals surface area contributed by atoms with E-state index in [0.29, 0.717) is 0 Å². The van der Waals surface area contributed by atoms with Gasteiger partial charge in [-0.25, -0.2) is 4.39 Å². The van der Waals surface area contributed by atoms with Crippen molar-refractivity contribution in [2.75, 3.05) is 0 Å². The molecule has 0 spiro atoms. The zero-order valence-electron chi connectivity index (χ0n) is 9.69. The predicted molar refractivity (Wildman–Crippen MR) is 58.7 cm³/mol. The lowest BCUT2D eigenvalue weighted by Crippen LogP contribution is -2.49. The Morgan fingerprint density at radius 2 is 1.55 bits per heavy atom. The molecule has 0 fully saturated rings. The Morgan fingerprint density at radius 1 is 1.05 bits per heavy atom. The molecule has 0 aliphatic heterocycles. The van der Waals surface area contributed by atoms with Gasteiger partial charge in [-0.1, -0.05) is 23.7 Å². The van der Waals surface area contributed by atoms with Crippen molar-refractivity contribution in [3.05, 3.63) is 34.6 Å². The Bertz CT molecular complexity index is 455. The van der Waals surface area contributed by atoms with Gasteiger partial charge >= 0.3 is 12.4 Å². The molecule has 0 amide bonds. The van der Waals surface area contributed by atoms with Gasteiger partial charge in [0, 0.05) is 6.04 Å². The third-order valence-corrected chi connectivity index (χ3v) is 2.91. The first-order valence-corrected chi connectivity index (χ1v) is 5.64. The summed E-state index contributed by atoms with van der Waals surface area (Å²) in [6.45, 7) is 0. The third-order valence-electron chi connectivity index (χ3n) is 2.62. The van der Waals surface area contributed by atoms with Crippen molar-refractivity contribution in [1.29, 1.82) is 0 Å². The molecule has 1 rings (SSSR count). The molecule has 0 bridgehead atoms. The summed E-state index contributed by atoms with van der Waals surface area (Å²) in [5.74, 6) is -4.80. The molecular formula is C11H9ClF7N. The summed E-state index contributed by atoms with van der Waals surface area (Å²) in [5, 5.41) is -0.398. The first-order valence-electron chi connectivity index (χ1n) is 5.26. The van der Waals surface area contributed by atoms with Crippen molar-refractivity contribution in [1.82, 2.24) is 0 Å². The minimum atomic E-state index is -5.56. The van der Waals surface area contributed by atoms with Crippen LogP contribution < -0.4 is 5.73 Å². The van der Waals surface area contributed by atoms with Crippen LogP contribution in [-0.4, -0.2) is 18.4 Å². The van der Waals surface area contributed by atoms with Crippen molar-refractivity contribution in [3.63, 3.8) is 0 Å². The molecule has 20 heavy (non-hydrogen) atoms. The number of hydrogen-bond acceptors (Lipinski definition) is 1. The molecule has 0 radical (unpaired) electrons. The average Bonchev–Trinajstić information content (AvgIpc) is 2.20. The molecule has 114 valence electrons. The van der Waals surface area contributed by atoms with Crippen molar-refractivity contribution >= 4 is 11.6 Å². The van der Waals surface area contributed by atoms with E-state index in [2.05, 4.69) is 0 Å². The zero-order valence-corrected chi connectivity index (χ0v) is 10.5. The lowest BCUT2D eigenvalue weighted by Gasteiger charge is -2.28. The van der Waals surface area contributed by atoms with Gasteiger partial charge in [-0.2, -0.15) is 26.3 Å². The second-order valence-electron chi connectivity index (χ2n) is 4.14. The average molecular weight is 324 g/mol. The van der Waals surface area contributed by atoms with E-state index in [1.807, 2.05) is 0 Å². The molecule has 1 aromatic carbocycles. The molecule has 0 aromatic heterocycles. The minimum absolute atomic E-state index is 0.398. The van der Waals surface area contributed by atoms with Gasteiger partial charge in [-0.15, -0.1) is 0 Å². The Kier molecular flexibility index (Phi) is 4.91. The van der Waals surface area contributed by atoms with Gasteiger partial charge in [0.1, 0.15) is 5.82 Å². The maximum Gasteiger partial charge on any atom is 0.402 e. The first kappa shape index (κ1) is 17.0. The van der Waals surface area contributed by atoms with Crippen LogP contribution >= 0.6 is 11.6 Å². The third kappa shape index (κ3) is 3.99. The van der Waals surface area contributed by atoms with E-state index in [1.165, 1.54) is 6.07 Å². The van der Waals surface area contributed by atoms with Crippen LogP contribution in [0.25, 0.3) is 0 Å². The molecule has 1 unspecified atom stereocenters. The molecule has 1 atom stereocenters. The fourth-order valence-corrected chi connectivity index (χ4v) is 1.94. The lowest BCUT2D eigenvalue weighted by atomic mass is 9.93. The van der Waals surface area contributed by atoms with Gasteiger partial charge in [0.25, 0.3) is 0 Å². The molecule has 1 aromatic rings. The number of benzene rings is 1. The minimum Gasteiger partial charge on any atom is -0.327 e. The summed E-state index contributed by atoms with van der Waals surface area (Å²) in [4.78, 5) is 0. The Hall–Kier alpha value is -1.02. The Balaban J connectivity index is 3.04. The van der Waals surface area contributed by atoms with Gasteiger partial charge < -0.3 is 5.73 Å². The standard InChI is InChI=1S/C11H9ClF7N/c12-6-3-1-2-5(8(6)13)4-7(20)9(10(14,15)16)11(17,18)19/h1-3,7,9H,4,20H2. The highest BCUT2D eigenvalue weighted by atomic mass is 35.5. The van der Waals surface area contributed by atoms with Gasteiger partial charge in [0.15, 0.2) is 5.92 Å². The highest BCUT2D eigenvalue weighted by Crippen LogP contribution is 2.41. The highest BCUT2D eigenvalue weighted by molar-refractivity contribution is 6.30. The fraction of sp³-hybridized carbons (Fsp3) is 0.455. The maximum atomic E-state index is 13.5. The zero-order chi connectivity index (χ0) is 15.7. The van der Waals surface area contributed by atoms with E-state index in [1.54, 1.807) is 0 Å². The van der Waals surface area contributed by atoms with Gasteiger partial charge in [0.2, 0.25) is 0 Å². The van der Waals surface area contributed by atoms with E-state index in [-0.39, 0.29) is 0 Å². The van der Waals surface area contributed by atoms with E-state index >= 15 is 0 Å². The second-order valence-corrected chi connectivity index (χ2v) is 4.55. The molecule has 9 heteroatoms.